The van der Waals surface area contributed by atoms with Crippen molar-refractivity contribution >= 4 is 23.4 Å². The molecule has 0 aliphatic rings. The van der Waals surface area contributed by atoms with Gasteiger partial charge in [-0.3, -0.25) is 5.10 Å². The van der Waals surface area contributed by atoms with Gasteiger partial charge >= 0.3 is 0 Å². The number of hydrogen-bond donors (Lipinski definition) is 1. The summed E-state index contributed by atoms with van der Waals surface area (Å²) in [6, 6.07) is 0. The first-order valence-electron chi connectivity index (χ1n) is 5.58. The summed E-state index contributed by atoms with van der Waals surface area (Å²) in [5.41, 5.74) is 0.855. The van der Waals surface area contributed by atoms with Gasteiger partial charge in [-0.2, -0.15) is 0 Å². The van der Waals surface area contributed by atoms with Crippen molar-refractivity contribution in [1.29, 1.82) is 0 Å². The van der Waals surface area contributed by atoms with Crippen LogP contribution in [0.3, 0.4) is 0 Å². The fourth-order valence-corrected chi connectivity index (χ4v) is 2.37. The fourth-order valence-electron chi connectivity index (χ4n) is 1.30. The van der Waals surface area contributed by atoms with Crippen LogP contribution >= 0.6 is 23.4 Å². The third-order valence-electron chi connectivity index (χ3n) is 2.34. The molecule has 2 rings (SSSR count). The number of halogens is 1. The third-order valence-corrected chi connectivity index (χ3v) is 3.66. The summed E-state index contributed by atoms with van der Waals surface area (Å²) in [5.74, 6) is 1.75. The second kappa shape index (κ2) is 5.24. The summed E-state index contributed by atoms with van der Waals surface area (Å²) in [4.78, 5) is 13.0. The second-order valence-electron chi connectivity index (χ2n) is 4.26. The van der Waals surface area contributed by atoms with Crippen LogP contribution < -0.4 is 0 Å². The Morgan fingerprint density at radius 3 is 2.44 bits per heavy atom. The number of aryl methyl sites for hydroxylation is 1. The van der Waals surface area contributed by atoms with Gasteiger partial charge < -0.3 is 0 Å². The normalized spacial score (nSPS) is 11.2. The Morgan fingerprint density at radius 1 is 1.17 bits per heavy atom. The highest BCUT2D eigenvalue weighted by Gasteiger charge is 2.14. The molecule has 0 atom stereocenters. The molecular weight excluding hydrogens is 270 g/mol. The number of nitrogens with zero attached hydrogens (tertiary/aromatic N) is 4. The Balaban J connectivity index is 2.37. The molecule has 0 aliphatic heterocycles. The summed E-state index contributed by atoms with van der Waals surface area (Å²) in [6.45, 7) is 7.82. The summed E-state index contributed by atoms with van der Waals surface area (Å²) in [5, 5.41) is 8.81. The first-order chi connectivity index (χ1) is 8.47. The van der Waals surface area contributed by atoms with Crippen molar-refractivity contribution in [3.8, 4) is 0 Å². The van der Waals surface area contributed by atoms with E-state index in [1.165, 1.54) is 11.8 Å². The molecule has 7 heteroatoms. The number of rotatable bonds is 3. The highest BCUT2D eigenvalue weighted by Crippen LogP contribution is 2.30. The highest BCUT2D eigenvalue weighted by molar-refractivity contribution is 7.99. The Hall–Kier alpha value is -1.14. The molecule has 0 amide bonds. The van der Waals surface area contributed by atoms with Crippen molar-refractivity contribution < 1.29 is 0 Å². The molecule has 0 bridgehead atoms. The second-order valence-corrected chi connectivity index (χ2v) is 5.58. The zero-order chi connectivity index (χ0) is 13.3. The first-order valence-corrected chi connectivity index (χ1v) is 6.77. The van der Waals surface area contributed by atoms with Gasteiger partial charge in [0.15, 0.2) is 0 Å². The molecule has 0 spiro atoms. The fraction of sp³-hybridized carbons (Fsp3) is 0.455. The van der Waals surface area contributed by atoms with Crippen molar-refractivity contribution in [3.63, 3.8) is 0 Å². The first kappa shape index (κ1) is 13.3. The predicted molar refractivity (Wildman–Crippen MR) is 71.1 cm³/mol. The van der Waals surface area contributed by atoms with Crippen LogP contribution in [0.25, 0.3) is 0 Å². The maximum atomic E-state index is 6.12. The van der Waals surface area contributed by atoms with Gasteiger partial charge in [0, 0.05) is 11.5 Å². The van der Waals surface area contributed by atoms with E-state index >= 15 is 0 Å². The average Bonchev–Trinajstić information content (AvgIpc) is 2.70. The van der Waals surface area contributed by atoms with E-state index in [1.807, 2.05) is 27.7 Å². The van der Waals surface area contributed by atoms with E-state index in [4.69, 9.17) is 11.6 Å². The molecule has 5 nitrogen and oxygen atoms in total. The quantitative estimate of drug-likeness (QED) is 0.877. The molecule has 0 unspecified atom stereocenters. The van der Waals surface area contributed by atoms with Crippen LogP contribution in [0.2, 0.25) is 5.15 Å². The predicted octanol–water partition coefficient (Wildman–Crippen LogP) is 3.14. The van der Waals surface area contributed by atoms with Crippen LogP contribution in [-0.4, -0.2) is 25.1 Å². The Morgan fingerprint density at radius 2 is 1.89 bits per heavy atom. The monoisotopic (exact) mass is 283 g/mol. The van der Waals surface area contributed by atoms with Gasteiger partial charge in [0.2, 0.25) is 5.16 Å². The van der Waals surface area contributed by atoms with Gasteiger partial charge in [0.25, 0.3) is 0 Å². The number of nitrogens with one attached hydrogen (secondary N) is 1. The highest BCUT2D eigenvalue weighted by atomic mass is 35.5. The van der Waals surface area contributed by atoms with E-state index in [0.29, 0.717) is 10.3 Å². The van der Waals surface area contributed by atoms with Gasteiger partial charge in [-0.15, -0.1) is 5.10 Å². The van der Waals surface area contributed by atoms with Crippen LogP contribution in [0, 0.1) is 13.8 Å². The zero-order valence-corrected chi connectivity index (χ0v) is 12.2. The van der Waals surface area contributed by atoms with E-state index in [2.05, 4.69) is 25.1 Å². The Kier molecular flexibility index (Phi) is 3.87. The molecule has 96 valence electrons. The average molecular weight is 284 g/mol. The van der Waals surface area contributed by atoms with Crippen LogP contribution in [0.1, 0.15) is 37.0 Å². The molecule has 2 heterocycles. The molecule has 0 saturated carbocycles. The third kappa shape index (κ3) is 2.81. The molecular formula is C11H14ClN5S. The minimum Gasteiger partial charge on any atom is -0.262 e. The lowest BCUT2D eigenvalue weighted by Gasteiger charge is -2.09. The number of aromatic nitrogens is 5. The molecule has 0 aliphatic carbocycles. The summed E-state index contributed by atoms with van der Waals surface area (Å²) in [6.07, 6.45) is 0. The van der Waals surface area contributed by atoms with Crippen molar-refractivity contribution in [3.05, 3.63) is 22.4 Å². The molecule has 0 aromatic carbocycles. The molecule has 0 fully saturated rings. The van der Waals surface area contributed by atoms with Crippen molar-refractivity contribution in [1.82, 2.24) is 25.1 Å². The van der Waals surface area contributed by atoms with E-state index < -0.39 is 0 Å². The summed E-state index contributed by atoms with van der Waals surface area (Å²) < 4.78 is 0. The van der Waals surface area contributed by atoms with E-state index in [0.717, 1.165) is 22.2 Å². The van der Waals surface area contributed by atoms with Crippen molar-refractivity contribution in [2.24, 2.45) is 0 Å². The van der Waals surface area contributed by atoms with Crippen molar-refractivity contribution in [2.75, 3.05) is 0 Å². The summed E-state index contributed by atoms with van der Waals surface area (Å²) in [7, 11) is 0. The Bertz CT molecular complexity index is 567. The molecule has 18 heavy (non-hydrogen) atoms. The molecule has 1 N–H and O–H groups in total. The maximum Gasteiger partial charge on any atom is 0.214 e. The van der Waals surface area contributed by atoms with Gasteiger partial charge in [0.05, 0.1) is 0 Å². The minimum atomic E-state index is 0.233. The number of aromatic amines is 1. The van der Waals surface area contributed by atoms with Crippen LogP contribution in [0.5, 0.6) is 0 Å². The SMILES string of the molecule is Cc1nc(Sc2nc(C(C)C)nc(Cl)c2C)n[nH]1. The number of hydrogen-bond acceptors (Lipinski definition) is 5. The minimum absolute atomic E-state index is 0.233. The molecule has 2 aromatic heterocycles. The van der Waals surface area contributed by atoms with E-state index in [1.54, 1.807) is 0 Å². The lowest BCUT2D eigenvalue weighted by molar-refractivity contribution is 0.747. The summed E-state index contributed by atoms with van der Waals surface area (Å²) >= 11 is 7.51. The molecule has 0 radical (unpaired) electrons. The number of H-pyrrole nitrogens is 1. The smallest absolute Gasteiger partial charge is 0.214 e. The molecule has 2 aromatic rings. The lowest BCUT2D eigenvalue weighted by atomic mass is 10.2. The van der Waals surface area contributed by atoms with Crippen LogP contribution in [0.15, 0.2) is 10.2 Å². The zero-order valence-electron chi connectivity index (χ0n) is 10.7. The van der Waals surface area contributed by atoms with Crippen molar-refractivity contribution in [2.45, 2.75) is 43.8 Å². The van der Waals surface area contributed by atoms with E-state index in [9.17, 15) is 0 Å². The lowest BCUT2D eigenvalue weighted by Crippen LogP contribution is -2.01. The topological polar surface area (TPSA) is 67.3 Å². The van der Waals surface area contributed by atoms with E-state index in [-0.39, 0.29) is 5.92 Å². The van der Waals surface area contributed by atoms with Crippen LogP contribution in [0.4, 0.5) is 0 Å². The molecule has 0 saturated heterocycles. The van der Waals surface area contributed by atoms with Gasteiger partial charge in [-0.25, -0.2) is 15.0 Å². The van der Waals surface area contributed by atoms with Gasteiger partial charge in [-0.1, -0.05) is 25.4 Å². The Labute approximate surface area is 115 Å². The largest absolute Gasteiger partial charge is 0.262 e. The standard InChI is InChI=1S/C11H14ClN5S/c1-5(2)9-14-8(12)6(3)10(15-9)18-11-13-7(4)16-17-11/h5H,1-4H3,(H,13,16,17). The van der Waals surface area contributed by atoms with Gasteiger partial charge in [-0.05, 0) is 25.6 Å². The van der Waals surface area contributed by atoms with Gasteiger partial charge in [0.1, 0.15) is 21.8 Å². The van der Waals surface area contributed by atoms with Crippen LogP contribution in [-0.2, 0) is 0 Å². The maximum absolute atomic E-state index is 6.12.